The van der Waals surface area contributed by atoms with Crippen molar-refractivity contribution in [1.82, 2.24) is 15.3 Å². The lowest BCUT2D eigenvalue weighted by Gasteiger charge is -2.33. The average molecular weight is 334 g/mol. The Balaban J connectivity index is 0.00000156. The van der Waals surface area contributed by atoms with Crippen LogP contribution in [0.1, 0.15) is 25.7 Å². The highest BCUT2D eigenvalue weighted by Gasteiger charge is 2.27. The summed E-state index contributed by atoms with van der Waals surface area (Å²) >= 11 is 0. The first kappa shape index (κ1) is 16.3. The van der Waals surface area contributed by atoms with Crippen LogP contribution in [0.5, 0.6) is 0 Å². The monoisotopic (exact) mass is 333 g/mol. The number of hydrogen-bond acceptors (Lipinski definition) is 5. The van der Waals surface area contributed by atoms with Gasteiger partial charge in [-0.25, -0.2) is 9.97 Å². The number of hydrogen-bond donors (Lipinski definition) is 2. The van der Waals surface area contributed by atoms with Gasteiger partial charge in [-0.1, -0.05) is 12.1 Å². The standard InChI is InChI=1S/C17H23N5.ClH/c1-22(13-8-10-18-11-9-13)17-16(19-12-6-7-12)20-14-4-2-3-5-15(14)21-17;/h2-5,12-13,18H,6-11H2,1H3,(H,19,20);1H. The fourth-order valence-corrected chi connectivity index (χ4v) is 3.12. The molecule has 23 heavy (non-hydrogen) atoms. The summed E-state index contributed by atoms with van der Waals surface area (Å²) in [6.07, 6.45) is 4.80. The van der Waals surface area contributed by atoms with Gasteiger partial charge in [0.2, 0.25) is 0 Å². The molecule has 1 aliphatic heterocycles. The zero-order valence-corrected chi connectivity index (χ0v) is 14.3. The van der Waals surface area contributed by atoms with Crippen molar-refractivity contribution in [2.75, 3.05) is 30.4 Å². The van der Waals surface area contributed by atoms with Crippen molar-refractivity contribution in [3.63, 3.8) is 0 Å². The van der Waals surface area contributed by atoms with Crippen LogP contribution in [-0.4, -0.2) is 42.2 Å². The van der Waals surface area contributed by atoms with E-state index in [2.05, 4.69) is 22.6 Å². The minimum Gasteiger partial charge on any atom is -0.364 e. The first-order valence-corrected chi connectivity index (χ1v) is 8.28. The van der Waals surface area contributed by atoms with Crippen molar-refractivity contribution in [2.45, 2.75) is 37.8 Å². The predicted octanol–water partition coefficient (Wildman–Crippen LogP) is 2.81. The minimum atomic E-state index is 0. The fourth-order valence-electron chi connectivity index (χ4n) is 3.12. The van der Waals surface area contributed by atoms with Crippen LogP contribution in [-0.2, 0) is 0 Å². The molecule has 2 aliphatic rings. The lowest BCUT2D eigenvalue weighted by molar-refractivity contribution is 0.442. The molecule has 1 saturated heterocycles. The van der Waals surface area contributed by atoms with Gasteiger partial charge in [-0.05, 0) is 50.9 Å². The van der Waals surface area contributed by atoms with Crippen LogP contribution in [0.15, 0.2) is 24.3 Å². The number of aromatic nitrogens is 2. The molecule has 124 valence electrons. The summed E-state index contributed by atoms with van der Waals surface area (Å²) < 4.78 is 0. The first-order chi connectivity index (χ1) is 10.8. The van der Waals surface area contributed by atoms with Crippen LogP contribution in [0.4, 0.5) is 11.6 Å². The lowest BCUT2D eigenvalue weighted by atomic mass is 10.1. The molecule has 2 N–H and O–H groups in total. The van der Waals surface area contributed by atoms with Gasteiger partial charge in [0.15, 0.2) is 11.6 Å². The Morgan fingerprint density at radius 3 is 2.35 bits per heavy atom. The molecule has 1 aromatic carbocycles. The number of fused-ring (bicyclic) bond motifs is 1. The van der Waals surface area contributed by atoms with Crippen LogP contribution in [0.3, 0.4) is 0 Å². The molecule has 2 aromatic rings. The van der Waals surface area contributed by atoms with E-state index in [4.69, 9.17) is 9.97 Å². The largest absolute Gasteiger partial charge is 0.364 e. The maximum Gasteiger partial charge on any atom is 0.172 e. The van der Waals surface area contributed by atoms with E-state index in [1.54, 1.807) is 0 Å². The van der Waals surface area contributed by atoms with Crippen molar-refractivity contribution >= 4 is 35.1 Å². The quantitative estimate of drug-likeness (QED) is 0.901. The molecule has 0 radical (unpaired) electrons. The van der Waals surface area contributed by atoms with E-state index in [1.807, 2.05) is 24.3 Å². The normalized spacial score (nSPS) is 18.5. The predicted molar refractivity (Wildman–Crippen MR) is 97.7 cm³/mol. The van der Waals surface area contributed by atoms with Crippen LogP contribution >= 0.6 is 12.4 Å². The number of piperidine rings is 1. The summed E-state index contributed by atoms with van der Waals surface area (Å²) in [5.41, 5.74) is 1.94. The van der Waals surface area contributed by atoms with E-state index in [0.29, 0.717) is 12.1 Å². The molecule has 0 unspecified atom stereocenters. The molecule has 1 aliphatic carbocycles. The molecular formula is C17H24ClN5. The zero-order chi connectivity index (χ0) is 14.9. The molecule has 4 rings (SSSR count). The maximum atomic E-state index is 4.91. The fraction of sp³-hybridized carbons (Fsp3) is 0.529. The van der Waals surface area contributed by atoms with Crippen molar-refractivity contribution in [1.29, 1.82) is 0 Å². The Hall–Kier alpha value is -1.59. The SMILES string of the molecule is CN(c1nc2ccccc2nc1NC1CC1)C1CCNCC1.Cl. The molecule has 6 heteroatoms. The number of anilines is 2. The zero-order valence-electron chi connectivity index (χ0n) is 13.5. The summed E-state index contributed by atoms with van der Waals surface area (Å²) in [5, 5.41) is 6.99. The van der Waals surface area contributed by atoms with E-state index in [0.717, 1.165) is 48.6 Å². The van der Waals surface area contributed by atoms with Gasteiger partial charge in [-0.3, -0.25) is 0 Å². The molecule has 1 saturated carbocycles. The van der Waals surface area contributed by atoms with Gasteiger partial charge in [0, 0.05) is 19.1 Å². The van der Waals surface area contributed by atoms with Crippen LogP contribution in [0, 0.1) is 0 Å². The van der Waals surface area contributed by atoms with Gasteiger partial charge in [0.25, 0.3) is 0 Å². The minimum absolute atomic E-state index is 0. The number of rotatable bonds is 4. The molecule has 2 heterocycles. The second kappa shape index (κ2) is 6.89. The number of nitrogens with zero attached hydrogens (tertiary/aromatic N) is 3. The van der Waals surface area contributed by atoms with Crippen LogP contribution < -0.4 is 15.5 Å². The third-order valence-electron chi connectivity index (χ3n) is 4.66. The highest BCUT2D eigenvalue weighted by molar-refractivity contribution is 5.85. The Morgan fingerprint density at radius 2 is 1.70 bits per heavy atom. The first-order valence-electron chi connectivity index (χ1n) is 8.28. The highest BCUT2D eigenvalue weighted by Crippen LogP contribution is 2.31. The third kappa shape index (κ3) is 3.51. The molecular weight excluding hydrogens is 310 g/mol. The van der Waals surface area contributed by atoms with Gasteiger partial charge in [0.1, 0.15) is 0 Å². The van der Waals surface area contributed by atoms with Crippen LogP contribution in [0.2, 0.25) is 0 Å². The van der Waals surface area contributed by atoms with Gasteiger partial charge >= 0.3 is 0 Å². The van der Waals surface area contributed by atoms with E-state index < -0.39 is 0 Å². The molecule has 0 atom stereocenters. The Kier molecular flexibility index (Phi) is 4.87. The summed E-state index contributed by atoms with van der Waals surface area (Å²) in [6.45, 7) is 2.17. The van der Waals surface area contributed by atoms with Gasteiger partial charge < -0.3 is 15.5 Å². The molecule has 0 spiro atoms. The third-order valence-corrected chi connectivity index (χ3v) is 4.66. The number of halogens is 1. The second-order valence-electron chi connectivity index (χ2n) is 6.40. The van der Waals surface area contributed by atoms with E-state index >= 15 is 0 Å². The van der Waals surface area contributed by atoms with Gasteiger partial charge in [-0.15, -0.1) is 12.4 Å². The molecule has 2 fully saturated rings. The Morgan fingerprint density at radius 1 is 1.04 bits per heavy atom. The average Bonchev–Trinajstić information content (AvgIpc) is 3.38. The number of benzene rings is 1. The number of nitrogens with one attached hydrogen (secondary N) is 2. The topological polar surface area (TPSA) is 53.1 Å². The smallest absolute Gasteiger partial charge is 0.172 e. The maximum absolute atomic E-state index is 4.91. The van der Waals surface area contributed by atoms with Crippen molar-refractivity contribution in [3.05, 3.63) is 24.3 Å². The lowest BCUT2D eigenvalue weighted by Crippen LogP contribution is -2.41. The Labute approximate surface area is 143 Å². The summed E-state index contributed by atoms with van der Waals surface area (Å²) in [7, 11) is 2.16. The summed E-state index contributed by atoms with van der Waals surface area (Å²) in [5.74, 6) is 1.94. The molecule has 0 amide bonds. The Bertz CT molecular complexity index is 667. The summed E-state index contributed by atoms with van der Waals surface area (Å²) in [6, 6.07) is 9.25. The van der Waals surface area contributed by atoms with E-state index in [1.165, 1.54) is 12.8 Å². The van der Waals surface area contributed by atoms with Gasteiger partial charge in [-0.2, -0.15) is 0 Å². The van der Waals surface area contributed by atoms with E-state index in [-0.39, 0.29) is 12.4 Å². The van der Waals surface area contributed by atoms with Crippen molar-refractivity contribution in [2.24, 2.45) is 0 Å². The molecule has 5 nitrogen and oxygen atoms in total. The number of para-hydroxylation sites is 2. The van der Waals surface area contributed by atoms with Crippen molar-refractivity contribution in [3.8, 4) is 0 Å². The van der Waals surface area contributed by atoms with Crippen molar-refractivity contribution < 1.29 is 0 Å². The van der Waals surface area contributed by atoms with Gasteiger partial charge in [0.05, 0.1) is 11.0 Å². The van der Waals surface area contributed by atoms with Crippen LogP contribution in [0.25, 0.3) is 11.0 Å². The highest BCUT2D eigenvalue weighted by atomic mass is 35.5. The molecule has 0 bridgehead atoms. The van der Waals surface area contributed by atoms with E-state index in [9.17, 15) is 0 Å². The molecule has 1 aromatic heterocycles. The second-order valence-corrected chi connectivity index (χ2v) is 6.40. The summed E-state index contributed by atoms with van der Waals surface area (Å²) in [4.78, 5) is 12.1.